The molecule has 0 amide bonds. The molecule has 0 saturated carbocycles. The van der Waals surface area contributed by atoms with Crippen molar-refractivity contribution >= 4 is 12.0 Å². The summed E-state index contributed by atoms with van der Waals surface area (Å²) >= 11 is 0. The second-order valence-corrected chi connectivity index (χ2v) is 5.58. The van der Waals surface area contributed by atoms with Crippen LogP contribution in [0.15, 0.2) is 18.2 Å². The summed E-state index contributed by atoms with van der Waals surface area (Å²) in [5.74, 6) is -0.423. The third-order valence-electron chi connectivity index (χ3n) is 4.39. The van der Waals surface area contributed by atoms with Crippen LogP contribution in [0.3, 0.4) is 0 Å². The van der Waals surface area contributed by atoms with E-state index in [1.54, 1.807) is 6.07 Å². The smallest absolute Gasteiger partial charge is 0.155 e. The molecule has 3 nitrogen and oxygen atoms in total. The Morgan fingerprint density at radius 3 is 3.00 bits per heavy atom. The zero-order valence-corrected chi connectivity index (χ0v) is 11.2. The van der Waals surface area contributed by atoms with Crippen molar-refractivity contribution in [3.05, 3.63) is 29.6 Å². The van der Waals surface area contributed by atoms with Crippen molar-refractivity contribution in [3.63, 3.8) is 0 Å². The highest BCUT2D eigenvalue weighted by atomic mass is 19.1. The molecule has 0 spiro atoms. The van der Waals surface area contributed by atoms with E-state index in [2.05, 4.69) is 16.7 Å². The largest absolute Gasteiger partial charge is 0.365 e. The molecule has 2 saturated heterocycles. The molecule has 1 aromatic rings. The van der Waals surface area contributed by atoms with Crippen molar-refractivity contribution < 1.29 is 9.18 Å². The van der Waals surface area contributed by atoms with Crippen LogP contribution >= 0.6 is 0 Å². The Hall–Kier alpha value is -1.42. The second kappa shape index (κ2) is 4.93. The number of anilines is 1. The molecular weight excluding hydrogens is 243 g/mol. The number of carbonyl (C=O) groups is 1. The first-order valence-electron chi connectivity index (χ1n) is 6.95. The quantitative estimate of drug-likeness (QED) is 0.764. The van der Waals surface area contributed by atoms with E-state index in [4.69, 9.17) is 0 Å². The van der Waals surface area contributed by atoms with Crippen molar-refractivity contribution in [2.75, 3.05) is 24.5 Å². The lowest BCUT2D eigenvalue weighted by atomic mass is 10.0. The van der Waals surface area contributed by atoms with Gasteiger partial charge in [-0.15, -0.1) is 0 Å². The van der Waals surface area contributed by atoms with Gasteiger partial charge >= 0.3 is 0 Å². The Balaban J connectivity index is 1.93. The normalized spacial score (nSPS) is 27.4. The van der Waals surface area contributed by atoms with Crippen molar-refractivity contribution in [2.45, 2.75) is 31.8 Å². The van der Waals surface area contributed by atoms with Gasteiger partial charge in [0.2, 0.25) is 0 Å². The second-order valence-electron chi connectivity index (χ2n) is 5.58. The summed E-state index contributed by atoms with van der Waals surface area (Å²) in [4.78, 5) is 15.9. The molecule has 19 heavy (non-hydrogen) atoms. The first-order valence-corrected chi connectivity index (χ1v) is 6.95. The highest BCUT2D eigenvalue weighted by molar-refractivity contribution is 5.85. The summed E-state index contributed by atoms with van der Waals surface area (Å²) in [5.41, 5.74) is 0.940. The van der Waals surface area contributed by atoms with Crippen LogP contribution in [0.2, 0.25) is 0 Å². The average Bonchev–Trinajstić information content (AvgIpc) is 2.84. The summed E-state index contributed by atoms with van der Waals surface area (Å²) < 4.78 is 13.7. The van der Waals surface area contributed by atoms with Gasteiger partial charge in [0.25, 0.3) is 0 Å². The van der Waals surface area contributed by atoms with Gasteiger partial charge in [0.1, 0.15) is 5.82 Å². The molecule has 2 atom stereocenters. The van der Waals surface area contributed by atoms with Gasteiger partial charge in [-0.2, -0.15) is 0 Å². The van der Waals surface area contributed by atoms with Crippen molar-refractivity contribution in [1.82, 2.24) is 4.90 Å². The molecule has 0 radical (unpaired) electrons. The SMILES string of the molecule is CC1CN2CCCC2CN1c1cccc(F)c1C=O. The Morgan fingerprint density at radius 2 is 2.21 bits per heavy atom. The molecular formula is C15H19FN2O. The van der Waals surface area contributed by atoms with Gasteiger partial charge in [-0.25, -0.2) is 4.39 Å². The van der Waals surface area contributed by atoms with Crippen LogP contribution in [-0.2, 0) is 0 Å². The van der Waals surface area contributed by atoms with E-state index in [9.17, 15) is 9.18 Å². The van der Waals surface area contributed by atoms with Crippen LogP contribution in [0.5, 0.6) is 0 Å². The monoisotopic (exact) mass is 262 g/mol. The van der Waals surface area contributed by atoms with Gasteiger partial charge in [-0.3, -0.25) is 9.69 Å². The fraction of sp³-hybridized carbons (Fsp3) is 0.533. The molecule has 0 aromatic heterocycles. The van der Waals surface area contributed by atoms with Crippen molar-refractivity contribution in [1.29, 1.82) is 0 Å². The third kappa shape index (κ3) is 2.14. The van der Waals surface area contributed by atoms with Crippen LogP contribution in [0.4, 0.5) is 10.1 Å². The molecule has 2 fully saturated rings. The van der Waals surface area contributed by atoms with E-state index >= 15 is 0 Å². The number of hydrogen-bond donors (Lipinski definition) is 0. The minimum absolute atomic E-state index is 0.195. The Kier molecular flexibility index (Phi) is 3.27. The van der Waals surface area contributed by atoms with E-state index in [1.165, 1.54) is 25.5 Å². The molecule has 0 aliphatic carbocycles. The minimum Gasteiger partial charge on any atom is -0.365 e. The van der Waals surface area contributed by atoms with E-state index < -0.39 is 5.82 Å². The van der Waals surface area contributed by atoms with Crippen LogP contribution in [-0.4, -0.2) is 42.9 Å². The number of carbonyl (C=O) groups excluding carboxylic acids is 1. The minimum atomic E-state index is -0.423. The highest BCUT2D eigenvalue weighted by Crippen LogP contribution is 2.30. The van der Waals surface area contributed by atoms with Crippen LogP contribution < -0.4 is 4.90 Å². The third-order valence-corrected chi connectivity index (χ3v) is 4.39. The van der Waals surface area contributed by atoms with E-state index in [0.29, 0.717) is 18.4 Å². The summed E-state index contributed by atoms with van der Waals surface area (Å²) in [5, 5.41) is 0. The highest BCUT2D eigenvalue weighted by Gasteiger charge is 2.35. The Morgan fingerprint density at radius 1 is 1.37 bits per heavy atom. The van der Waals surface area contributed by atoms with Crippen molar-refractivity contribution in [2.24, 2.45) is 0 Å². The van der Waals surface area contributed by atoms with Gasteiger partial charge in [-0.1, -0.05) is 6.07 Å². The van der Waals surface area contributed by atoms with E-state index in [0.717, 1.165) is 18.8 Å². The topological polar surface area (TPSA) is 23.6 Å². The van der Waals surface area contributed by atoms with Crippen molar-refractivity contribution in [3.8, 4) is 0 Å². The van der Waals surface area contributed by atoms with Crippen LogP contribution in [0.1, 0.15) is 30.1 Å². The van der Waals surface area contributed by atoms with E-state index in [-0.39, 0.29) is 5.56 Å². The maximum absolute atomic E-state index is 13.7. The molecule has 2 aliphatic heterocycles. The first-order chi connectivity index (χ1) is 9.20. The maximum Gasteiger partial charge on any atom is 0.155 e. The lowest BCUT2D eigenvalue weighted by molar-refractivity contribution is 0.111. The van der Waals surface area contributed by atoms with Crippen LogP contribution in [0.25, 0.3) is 0 Å². The zero-order chi connectivity index (χ0) is 13.4. The van der Waals surface area contributed by atoms with Gasteiger partial charge in [0, 0.05) is 25.2 Å². The molecule has 4 heteroatoms. The molecule has 1 aromatic carbocycles. The van der Waals surface area contributed by atoms with Gasteiger partial charge in [0.05, 0.1) is 11.3 Å². The molecule has 102 valence electrons. The maximum atomic E-state index is 13.7. The number of benzene rings is 1. The lowest BCUT2D eigenvalue weighted by Gasteiger charge is -2.44. The first kappa shape index (κ1) is 12.6. The predicted octanol–water partition coefficient (Wildman–Crippen LogP) is 2.31. The number of hydrogen-bond acceptors (Lipinski definition) is 3. The standard InChI is InChI=1S/C15H19FN2O/c1-11-8-17-7-3-4-12(17)9-18(11)15-6-2-5-14(16)13(15)10-19/h2,5-6,10-12H,3-4,7-9H2,1H3. The summed E-state index contributed by atoms with van der Waals surface area (Å²) in [6.07, 6.45) is 3.09. The van der Waals surface area contributed by atoms with Gasteiger partial charge in [0.15, 0.2) is 6.29 Å². The van der Waals surface area contributed by atoms with E-state index in [1.807, 2.05) is 6.07 Å². The number of halogens is 1. The predicted molar refractivity (Wildman–Crippen MR) is 73.2 cm³/mol. The average molecular weight is 262 g/mol. The lowest BCUT2D eigenvalue weighted by Crippen LogP contribution is -2.55. The fourth-order valence-electron chi connectivity index (χ4n) is 3.42. The van der Waals surface area contributed by atoms with Gasteiger partial charge in [-0.05, 0) is 38.4 Å². The fourth-order valence-corrected chi connectivity index (χ4v) is 3.42. The zero-order valence-electron chi connectivity index (χ0n) is 11.2. The molecule has 2 unspecified atom stereocenters. The molecule has 3 rings (SSSR count). The number of rotatable bonds is 2. The van der Waals surface area contributed by atoms with Gasteiger partial charge < -0.3 is 4.90 Å². The molecule has 2 aliphatic rings. The number of nitrogens with zero attached hydrogens (tertiary/aromatic N) is 2. The number of piperazine rings is 1. The molecule has 2 heterocycles. The molecule has 0 N–H and O–H groups in total. The summed E-state index contributed by atoms with van der Waals surface area (Å²) in [7, 11) is 0. The molecule has 0 bridgehead atoms. The van der Waals surface area contributed by atoms with Crippen LogP contribution in [0, 0.1) is 5.82 Å². The Labute approximate surface area is 113 Å². The number of fused-ring (bicyclic) bond motifs is 1. The summed E-state index contributed by atoms with van der Waals surface area (Å²) in [6.45, 7) is 5.21. The number of aldehydes is 1. The Bertz CT molecular complexity index is 491. The summed E-state index contributed by atoms with van der Waals surface area (Å²) in [6, 6.07) is 5.76.